The topological polar surface area (TPSA) is 174 Å². The fraction of sp³-hybridized carbons (Fsp3) is 0.375. The predicted octanol–water partition coefficient (Wildman–Crippen LogP) is -2.48. The van der Waals surface area contributed by atoms with Gasteiger partial charge in [-0.05, 0) is 12.5 Å². The van der Waals surface area contributed by atoms with Crippen LogP contribution < -0.4 is 22.1 Å². The van der Waals surface area contributed by atoms with Gasteiger partial charge in [-0.2, -0.15) is 0 Å². The van der Waals surface area contributed by atoms with Crippen LogP contribution >= 0.6 is 0 Å². The van der Waals surface area contributed by atoms with Crippen LogP contribution in [0.2, 0.25) is 0 Å². The van der Waals surface area contributed by atoms with Crippen LogP contribution in [0, 0.1) is 0 Å². The molecule has 26 heavy (non-hydrogen) atoms. The number of hydrogen-bond acceptors (Lipinski definition) is 7. The van der Waals surface area contributed by atoms with Crippen molar-refractivity contribution in [2.24, 2.45) is 11.5 Å². The Labute approximate surface area is 149 Å². The molecule has 1 rings (SSSR count). The zero-order valence-electron chi connectivity index (χ0n) is 14.2. The van der Waals surface area contributed by atoms with E-state index >= 15 is 0 Å². The number of esters is 1. The molecule has 7 N–H and O–H groups in total. The number of nitrogens with two attached hydrogens (primary N) is 2. The molecule has 0 bridgehead atoms. The smallest absolute Gasteiger partial charge is 0.328 e. The second kappa shape index (κ2) is 10.1. The number of rotatable bonds is 9. The second-order valence-electron chi connectivity index (χ2n) is 5.42. The highest BCUT2D eigenvalue weighted by Gasteiger charge is 2.33. The van der Waals surface area contributed by atoms with Crippen molar-refractivity contribution in [3.05, 3.63) is 35.9 Å². The summed E-state index contributed by atoms with van der Waals surface area (Å²) >= 11 is 0. The number of aliphatic hydroxyl groups is 1. The van der Waals surface area contributed by atoms with Gasteiger partial charge < -0.3 is 31.9 Å². The van der Waals surface area contributed by atoms with Crippen LogP contribution in [0.25, 0.3) is 0 Å². The molecule has 0 radical (unpaired) electrons. The van der Waals surface area contributed by atoms with Crippen molar-refractivity contribution in [2.75, 3.05) is 6.54 Å². The maximum absolute atomic E-state index is 12.2. The lowest BCUT2D eigenvalue weighted by molar-refractivity contribution is -0.149. The van der Waals surface area contributed by atoms with Crippen molar-refractivity contribution in [1.29, 1.82) is 0 Å². The Balaban J connectivity index is 2.66. The predicted molar refractivity (Wildman–Crippen MR) is 90.0 cm³/mol. The molecule has 0 fully saturated rings. The first-order valence-electron chi connectivity index (χ1n) is 7.74. The summed E-state index contributed by atoms with van der Waals surface area (Å²) < 4.78 is 5.07. The summed E-state index contributed by atoms with van der Waals surface area (Å²) in [5.74, 6) is -3.73. The number of amides is 3. The highest BCUT2D eigenvalue weighted by atomic mass is 16.5. The SMILES string of the molecule is C[C@H](NC(=O)[C@@H](NC(=O)CN)[C@H](O)C(N)=O)C(=O)OCc1ccccc1. The molecule has 3 atom stereocenters. The van der Waals surface area contributed by atoms with Gasteiger partial charge in [-0.15, -0.1) is 0 Å². The molecule has 10 heteroatoms. The van der Waals surface area contributed by atoms with Crippen LogP contribution in [0.5, 0.6) is 0 Å². The van der Waals surface area contributed by atoms with E-state index in [0.29, 0.717) is 0 Å². The Hall–Kier alpha value is -2.98. The first kappa shape index (κ1) is 21.1. The van der Waals surface area contributed by atoms with E-state index in [-0.39, 0.29) is 6.61 Å². The van der Waals surface area contributed by atoms with Gasteiger partial charge in [-0.3, -0.25) is 14.4 Å². The van der Waals surface area contributed by atoms with Gasteiger partial charge in [0.15, 0.2) is 6.10 Å². The minimum Gasteiger partial charge on any atom is -0.459 e. The van der Waals surface area contributed by atoms with E-state index in [1.54, 1.807) is 24.3 Å². The van der Waals surface area contributed by atoms with Gasteiger partial charge in [0.05, 0.1) is 6.54 Å². The van der Waals surface area contributed by atoms with Gasteiger partial charge in [0.2, 0.25) is 17.7 Å². The van der Waals surface area contributed by atoms with E-state index in [9.17, 15) is 24.3 Å². The molecule has 10 nitrogen and oxygen atoms in total. The van der Waals surface area contributed by atoms with Crippen molar-refractivity contribution in [3.63, 3.8) is 0 Å². The standard InChI is InChI=1S/C16H22N4O6/c1-9(16(25)26-8-10-5-3-2-4-6-10)19-15(24)12(13(22)14(18)23)20-11(21)7-17/h2-6,9,12-13,22H,7-8,17H2,1H3,(H2,18,23)(H,19,24)(H,20,21)/t9-,12-,13-/m0/s1. The van der Waals surface area contributed by atoms with Crippen molar-refractivity contribution >= 4 is 23.7 Å². The third kappa shape index (κ3) is 6.49. The highest BCUT2D eigenvalue weighted by Crippen LogP contribution is 2.02. The highest BCUT2D eigenvalue weighted by molar-refractivity contribution is 5.95. The van der Waals surface area contributed by atoms with Crippen LogP contribution in [0.1, 0.15) is 12.5 Å². The average Bonchev–Trinajstić information content (AvgIpc) is 2.63. The zero-order chi connectivity index (χ0) is 19.7. The minimum absolute atomic E-state index is 0.0110. The first-order valence-corrected chi connectivity index (χ1v) is 7.74. The zero-order valence-corrected chi connectivity index (χ0v) is 14.2. The maximum atomic E-state index is 12.2. The van der Waals surface area contributed by atoms with Gasteiger partial charge in [-0.1, -0.05) is 30.3 Å². The molecule has 0 spiro atoms. The van der Waals surface area contributed by atoms with Crippen LogP contribution in [0.4, 0.5) is 0 Å². The molecule has 0 aliphatic rings. The summed E-state index contributed by atoms with van der Waals surface area (Å²) in [5.41, 5.74) is 10.8. The summed E-state index contributed by atoms with van der Waals surface area (Å²) in [6.45, 7) is 0.894. The van der Waals surface area contributed by atoms with E-state index < -0.39 is 48.4 Å². The third-order valence-corrected chi connectivity index (χ3v) is 3.33. The summed E-state index contributed by atoms with van der Waals surface area (Å²) in [4.78, 5) is 46.6. The molecule has 0 unspecified atom stereocenters. The Bertz CT molecular complexity index is 651. The average molecular weight is 366 g/mol. The van der Waals surface area contributed by atoms with Crippen molar-refractivity contribution in [1.82, 2.24) is 10.6 Å². The number of benzene rings is 1. The Morgan fingerprint density at radius 2 is 1.77 bits per heavy atom. The monoisotopic (exact) mass is 366 g/mol. The number of primary amides is 1. The summed E-state index contributed by atoms with van der Waals surface area (Å²) in [6, 6.07) is 6.12. The van der Waals surface area contributed by atoms with E-state index in [2.05, 4.69) is 10.6 Å². The molecule has 0 heterocycles. The van der Waals surface area contributed by atoms with Crippen LogP contribution in [-0.2, 0) is 30.5 Å². The largest absolute Gasteiger partial charge is 0.459 e. The van der Waals surface area contributed by atoms with Gasteiger partial charge in [0.1, 0.15) is 18.7 Å². The van der Waals surface area contributed by atoms with Gasteiger partial charge >= 0.3 is 5.97 Å². The molecule has 0 saturated heterocycles. The normalized spacial score (nSPS) is 13.8. The lowest BCUT2D eigenvalue weighted by Crippen LogP contribution is -2.59. The molecule has 0 saturated carbocycles. The number of carbonyl (C=O) groups excluding carboxylic acids is 4. The Morgan fingerprint density at radius 1 is 1.15 bits per heavy atom. The van der Waals surface area contributed by atoms with Gasteiger partial charge in [0, 0.05) is 0 Å². The van der Waals surface area contributed by atoms with Crippen LogP contribution in [-0.4, -0.2) is 53.5 Å². The molecule has 3 amide bonds. The summed E-state index contributed by atoms with van der Waals surface area (Å²) in [6.07, 6.45) is -1.99. The molecule has 142 valence electrons. The molecule has 0 aliphatic heterocycles. The van der Waals surface area contributed by atoms with E-state index in [0.717, 1.165) is 5.56 Å². The number of ether oxygens (including phenoxy) is 1. The maximum Gasteiger partial charge on any atom is 0.328 e. The number of aliphatic hydroxyl groups excluding tert-OH is 1. The third-order valence-electron chi connectivity index (χ3n) is 3.33. The molecule has 1 aromatic rings. The molecule has 0 aliphatic carbocycles. The van der Waals surface area contributed by atoms with E-state index in [1.165, 1.54) is 6.92 Å². The fourth-order valence-corrected chi connectivity index (χ4v) is 1.90. The van der Waals surface area contributed by atoms with Crippen molar-refractivity contribution in [3.8, 4) is 0 Å². The van der Waals surface area contributed by atoms with Gasteiger partial charge in [-0.25, -0.2) is 4.79 Å². The van der Waals surface area contributed by atoms with Crippen LogP contribution in [0.3, 0.4) is 0 Å². The number of hydrogen-bond donors (Lipinski definition) is 5. The first-order chi connectivity index (χ1) is 12.3. The van der Waals surface area contributed by atoms with E-state index in [1.807, 2.05) is 6.07 Å². The summed E-state index contributed by atoms with van der Waals surface area (Å²) in [7, 11) is 0. The number of carbonyl (C=O) groups is 4. The lowest BCUT2D eigenvalue weighted by Gasteiger charge is -2.23. The lowest BCUT2D eigenvalue weighted by atomic mass is 10.1. The van der Waals surface area contributed by atoms with Crippen molar-refractivity contribution < 1.29 is 29.0 Å². The summed E-state index contributed by atoms with van der Waals surface area (Å²) in [5, 5.41) is 14.0. The Kier molecular flexibility index (Phi) is 8.19. The molecule has 0 aromatic heterocycles. The quantitative estimate of drug-likeness (QED) is 0.301. The van der Waals surface area contributed by atoms with Crippen LogP contribution in [0.15, 0.2) is 30.3 Å². The van der Waals surface area contributed by atoms with E-state index in [4.69, 9.17) is 16.2 Å². The second-order valence-corrected chi connectivity index (χ2v) is 5.42. The van der Waals surface area contributed by atoms with Crippen molar-refractivity contribution in [2.45, 2.75) is 31.7 Å². The van der Waals surface area contributed by atoms with Gasteiger partial charge in [0.25, 0.3) is 0 Å². The molecule has 1 aromatic carbocycles. The number of nitrogens with one attached hydrogen (secondary N) is 2. The minimum atomic E-state index is -1.99. The molecular weight excluding hydrogens is 344 g/mol. The Morgan fingerprint density at radius 3 is 2.31 bits per heavy atom. The fourth-order valence-electron chi connectivity index (χ4n) is 1.90. The molecular formula is C16H22N4O6.